The molecule has 7 heteroatoms. The molecule has 108 valence electrons. The molecule has 20 heavy (non-hydrogen) atoms. The molecule has 0 aliphatic carbocycles. The van der Waals surface area contributed by atoms with Crippen molar-refractivity contribution in [2.75, 3.05) is 19.0 Å². The Labute approximate surface area is 117 Å². The second-order valence-electron chi connectivity index (χ2n) is 4.74. The number of pyridine rings is 1. The van der Waals surface area contributed by atoms with Gasteiger partial charge in [0.2, 0.25) is 11.8 Å². The molecule has 0 spiro atoms. The van der Waals surface area contributed by atoms with E-state index in [1.165, 1.54) is 0 Å². The van der Waals surface area contributed by atoms with Gasteiger partial charge in [-0.2, -0.15) is 0 Å². The van der Waals surface area contributed by atoms with E-state index < -0.39 is 0 Å². The summed E-state index contributed by atoms with van der Waals surface area (Å²) in [5, 5.41) is 14.1. The van der Waals surface area contributed by atoms with Crippen LogP contribution < -0.4 is 15.4 Å². The van der Waals surface area contributed by atoms with Crippen LogP contribution in [0.4, 0.5) is 11.7 Å². The van der Waals surface area contributed by atoms with Gasteiger partial charge in [-0.3, -0.25) is 0 Å². The van der Waals surface area contributed by atoms with Gasteiger partial charge < -0.3 is 19.8 Å². The van der Waals surface area contributed by atoms with E-state index in [0.29, 0.717) is 30.2 Å². The van der Waals surface area contributed by atoms with Crippen LogP contribution >= 0.6 is 0 Å². The summed E-state index contributed by atoms with van der Waals surface area (Å²) in [5.41, 5.74) is 0.760. The first-order chi connectivity index (χ1) is 9.67. The summed E-state index contributed by atoms with van der Waals surface area (Å²) in [6, 6.07) is 3.93. The second kappa shape index (κ2) is 6.85. The first-order valence-electron chi connectivity index (χ1n) is 6.47. The lowest BCUT2D eigenvalue weighted by molar-refractivity contribution is 0.398. The van der Waals surface area contributed by atoms with E-state index in [2.05, 4.69) is 39.7 Å². The average molecular weight is 277 g/mol. The van der Waals surface area contributed by atoms with Crippen molar-refractivity contribution in [3.05, 3.63) is 24.2 Å². The summed E-state index contributed by atoms with van der Waals surface area (Å²) in [7, 11) is 1.57. The number of nitrogens with zero attached hydrogens (tertiary/aromatic N) is 3. The van der Waals surface area contributed by atoms with E-state index in [9.17, 15) is 0 Å². The number of ether oxygens (including phenoxy) is 1. The molecule has 0 saturated carbocycles. The third kappa shape index (κ3) is 4.20. The fraction of sp³-hybridized carbons (Fsp3) is 0.462. The zero-order chi connectivity index (χ0) is 14.4. The fourth-order valence-electron chi connectivity index (χ4n) is 1.54. The minimum atomic E-state index is 0.346. The average Bonchev–Trinajstić information content (AvgIpc) is 2.87. The monoisotopic (exact) mass is 277 g/mol. The van der Waals surface area contributed by atoms with E-state index in [-0.39, 0.29) is 0 Å². The first kappa shape index (κ1) is 14.3. The van der Waals surface area contributed by atoms with Crippen LogP contribution in [-0.4, -0.2) is 28.8 Å². The molecule has 0 amide bonds. The van der Waals surface area contributed by atoms with Gasteiger partial charge >= 0.3 is 6.01 Å². The molecule has 0 saturated heterocycles. The molecule has 0 unspecified atom stereocenters. The standard InChI is InChI=1S/C13H19N5O2/c1-9(2)6-14-8-12-17-18-13(20-12)16-10-4-5-11(19-3)15-7-10/h4-5,7,9,14H,6,8H2,1-3H3,(H,16,18). The van der Waals surface area contributed by atoms with Gasteiger partial charge in [0, 0.05) is 6.07 Å². The highest BCUT2D eigenvalue weighted by atomic mass is 16.5. The first-order valence-corrected chi connectivity index (χ1v) is 6.47. The molecule has 2 aromatic heterocycles. The summed E-state index contributed by atoms with van der Waals surface area (Å²) in [5.74, 6) is 1.69. The van der Waals surface area contributed by atoms with Crippen molar-refractivity contribution in [1.29, 1.82) is 0 Å². The topological polar surface area (TPSA) is 85.1 Å². The molecular weight excluding hydrogens is 258 g/mol. The van der Waals surface area contributed by atoms with Crippen LogP contribution in [0.15, 0.2) is 22.7 Å². The van der Waals surface area contributed by atoms with E-state index in [4.69, 9.17) is 9.15 Å². The van der Waals surface area contributed by atoms with E-state index in [1.807, 2.05) is 6.07 Å². The Balaban J connectivity index is 1.88. The van der Waals surface area contributed by atoms with Gasteiger partial charge in [-0.15, -0.1) is 5.10 Å². The normalized spacial score (nSPS) is 10.8. The zero-order valence-corrected chi connectivity index (χ0v) is 11.9. The van der Waals surface area contributed by atoms with E-state index in [0.717, 1.165) is 12.2 Å². The molecule has 0 bridgehead atoms. The van der Waals surface area contributed by atoms with Gasteiger partial charge in [-0.25, -0.2) is 4.98 Å². The van der Waals surface area contributed by atoms with Crippen LogP contribution in [-0.2, 0) is 6.54 Å². The van der Waals surface area contributed by atoms with E-state index >= 15 is 0 Å². The molecule has 2 rings (SSSR count). The van der Waals surface area contributed by atoms with Crippen molar-refractivity contribution in [2.45, 2.75) is 20.4 Å². The fourth-order valence-corrected chi connectivity index (χ4v) is 1.54. The molecule has 2 aromatic rings. The maximum Gasteiger partial charge on any atom is 0.320 e. The molecule has 0 aliphatic heterocycles. The van der Waals surface area contributed by atoms with Crippen LogP contribution in [0.1, 0.15) is 19.7 Å². The Kier molecular flexibility index (Phi) is 4.89. The Hall–Kier alpha value is -2.15. The summed E-state index contributed by atoms with van der Waals surface area (Å²) in [4.78, 5) is 4.08. The number of hydrogen-bond acceptors (Lipinski definition) is 7. The number of anilines is 2. The third-order valence-electron chi connectivity index (χ3n) is 2.49. The third-order valence-corrected chi connectivity index (χ3v) is 2.49. The van der Waals surface area contributed by atoms with Crippen LogP contribution in [0.25, 0.3) is 0 Å². The smallest absolute Gasteiger partial charge is 0.320 e. The Morgan fingerprint density at radius 3 is 2.80 bits per heavy atom. The molecule has 0 radical (unpaired) electrons. The number of nitrogens with one attached hydrogen (secondary N) is 2. The highest BCUT2D eigenvalue weighted by molar-refractivity contribution is 5.50. The van der Waals surface area contributed by atoms with Crippen molar-refractivity contribution in [1.82, 2.24) is 20.5 Å². The second-order valence-corrected chi connectivity index (χ2v) is 4.74. The van der Waals surface area contributed by atoms with Crippen LogP contribution in [0, 0.1) is 5.92 Å². The number of methoxy groups -OCH3 is 1. The molecule has 0 aromatic carbocycles. The van der Waals surface area contributed by atoms with Crippen LogP contribution in [0.3, 0.4) is 0 Å². The van der Waals surface area contributed by atoms with Crippen molar-refractivity contribution in [3.63, 3.8) is 0 Å². The maximum atomic E-state index is 5.47. The van der Waals surface area contributed by atoms with Crippen molar-refractivity contribution < 1.29 is 9.15 Å². The Morgan fingerprint density at radius 2 is 2.15 bits per heavy atom. The summed E-state index contributed by atoms with van der Waals surface area (Å²) in [6.07, 6.45) is 1.64. The molecule has 0 fully saturated rings. The quantitative estimate of drug-likeness (QED) is 0.800. The van der Waals surface area contributed by atoms with Gasteiger partial charge in [0.05, 0.1) is 25.5 Å². The SMILES string of the molecule is COc1ccc(Nc2nnc(CNCC(C)C)o2)cn1. The van der Waals surface area contributed by atoms with Gasteiger partial charge in [0.1, 0.15) is 0 Å². The minimum Gasteiger partial charge on any atom is -0.481 e. The predicted molar refractivity (Wildman–Crippen MR) is 74.9 cm³/mol. The van der Waals surface area contributed by atoms with Gasteiger partial charge in [0.25, 0.3) is 0 Å². The maximum absolute atomic E-state index is 5.47. The Morgan fingerprint density at radius 1 is 1.30 bits per heavy atom. The number of hydrogen-bond donors (Lipinski definition) is 2. The summed E-state index contributed by atoms with van der Waals surface area (Å²) < 4.78 is 10.5. The molecule has 0 atom stereocenters. The largest absolute Gasteiger partial charge is 0.481 e. The molecule has 0 aliphatic rings. The summed E-state index contributed by atoms with van der Waals surface area (Å²) >= 11 is 0. The molecular formula is C13H19N5O2. The molecule has 7 nitrogen and oxygen atoms in total. The molecule has 2 heterocycles. The van der Waals surface area contributed by atoms with Crippen molar-refractivity contribution in [2.24, 2.45) is 5.92 Å². The summed E-state index contributed by atoms with van der Waals surface area (Å²) in [6.45, 7) is 5.76. The van der Waals surface area contributed by atoms with Gasteiger partial charge in [-0.1, -0.05) is 18.9 Å². The lowest BCUT2D eigenvalue weighted by Crippen LogP contribution is -2.19. The predicted octanol–water partition coefficient (Wildman–Crippen LogP) is 1.96. The van der Waals surface area contributed by atoms with Crippen LogP contribution in [0.5, 0.6) is 5.88 Å². The minimum absolute atomic E-state index is 0.346. The Bertz CT molecular complexity index is 524. The molecule has 2 N–H and O–H groups in total. The highest BCUT2D eigenvalue weighted by Crippen LogP contribution is 2.16. The van der Waals surface area contributed by atoms with Crippen LogP contribution in [0.2, 0.25) is 0 Å². The zero-order valence-electron chi connectivity index (χ0n) is 11.9. The lowest BCUT2D eigenvalue weighted by Gasteiger charge is -2.04. The van der Waals surface area contributed by atoms with E-state index in [1.54, 1.807) is 19.4 Å². The lowest BCUT2D eigenvalue weighted by atomic mass is 10.2. The van der Waals surface area contributed by atoms with Gasteiger partial charge in [0.15, 0.2) is 0 Å². The number of rotatable bonds is 7. The van der Waals surface area contributed by atoms with Crippen molar-refractivity contribution >= 4 is 11.7 Å². The number of aromatic nitrogens is 3. The van der Waals surface area contributed by atoms with Crippen molar-refractivity contribution in [3.8, 4) is 5.88 Å². The van der Waals surface area contributed by atoms with Gasteiger partial charge in [-0.05, 0) is 18.5 Å². The highest BCUT2D eigenvalue weighted by Gasteiger charge is 2.06.